The third-order valence-electron chi connectivity index (χ3n) is 3.64. The highest BCUT2D eigenvalue weighted by Gasteiger charge is 2.27. The Balaban J connectivity index is 0.00000220. The highest BCUT2D eigenvalue weighted by atomic mass is 127. The summed E-state index contributed by atoms with van der Waals surface area (Å²) in [5, 5.41) is 16.9. The summed E-state index contributed by atoms with van der Waals surface area (Å²) in [5.41, 5.74) is 1.08. The van der Waals surface area contributed by atoms with E-state index in [-0.39, 0.29) is 35.9 Å². The lowest BCUT2D eigenvalue weighted by atomic mass is 10.1. The molecule has 2 atom stereocenters. The molecule has 1 aliphatic rings. The molecule has 1 aromatic rings. The molecule has 1 saturated carbocycles. The van der Waals surface area contributed by atoms with Crippen LogP contribution in [0, 0.1) is 31.1 Å². The minimum Gasteiger partial charge on any atom is -0.352 e. The summed E-state index contributed by atoms with van der Waals surface area (Å²) in [4.78, 5) is 9.89. The summed E-state index contributed by atoms with van der Waals surface area (Å²) >= 11 is 1.71. The van der Waals surface area contributed by atoms with Gasteiger partial charge in [0.25, 0.3) is 0 Å². The maximum absolute atomic E-state index is 9.11. The number of hydrogen-bond acceptors (Lipinski definition) is 4. The lowest BCUT2D eigenvalue weighted by molar-refractivity contribution is 0.532. The van der Waals surface area contributed by atoms with E-state index in [0.29, 0.717) is 0 Å². The summed E-state index contributed by atoms with van der Waals surface area (Å²) in [7, 11) is 1.76. The third-order valence-corrected chi connectivity index (χ3v) is 4.72. The molecule has 2 N–H and O–H groups in total. The molecule has 0 aliphatic heterocycles. The van der Waals surface area contributed by atoms with Crippen molar-refractivity contribution in [2.75, 3.05) is 7.05 Å². The van der Waals surface area contributed by atoms with Crippen molar-refractivity contribution in [1.82, 2.24) is 15.6 Å². The molecule has 1 heterocycles. The van der Waals surface area contributed by atoms with Crippen LogP contribution in [0.25, 0.3) is 0 Å². The SMILES string of the molecule is CN=C(NCc1sc(C)nc1C)NC1CCCC1C#N.I. The summed E-state index contributed by atoms with van der Waals surface area (Å²) in [5.74, 6) is 0.864. The minimum absolute atomic E-state index is 0. The van der Waals surface area contributed by atoms with Crippen molar-refractivity contribution in [3.8, 4) is 6.07 Å². The van der Waals surface area contributed by atoms with Gasteiger partial charge in [0.2, 0.25) is 0 Å². The average Bonchev–Trinajstić information content (AvgIpc) is 3.00. The quantitative estimate of drug-likeness (QED) is 0.449. The van der Waals surface area contributed by atoms with E-state index in [9.17, 15) is 0 Å². The normalized spacial score (nSPS) is 21.5. The van der Waals surface area contributed by atoms with Gasteiger partial charge in [-0.05, 0) is 33.1 Å². The Morgan fingerprint density at radius 1 is 1.48 bits per heavy atom. The van der Waals surface area contributed by atoms with Crippen molar-refractivity contribution < 1.29 is 0 Å². The molecule has 0 aromatic carbocycles. The van der Waals surface area contributed by atoms with Gasteiger partial charge in [-0.25, -0.2) is 4.98 Å². The van der Waals surface area contributed by atoms with Gasteiger partial charge in [0, 0.05) is 18.0 Å². The molecule has 0 radical (unpaired) electrons. The van der Waals surface area contributed by atoms with E-state index in [1.165, 1.54) is 4.88 Å². The number of rotatable bonds is 3. The zero-order chi connectivity index (χ0) is 14.5. The van der Waals surface area contributed by atoms with E-state index in [4.69, 9.17) is 5.26 Å². The van der Waals surface area contributed by atoms with Gasteiger partial charge in [0.1, 0.15) is 0 Å². The predicted molar refractivity (Wildman–Crippen MR) is 97.1 cm³/mol. The molecule has 0 amide bonds. The molecule has 1 aliphatic carbocycles. The second-order valence-electron chi connectivity index (χ2n) is 5.08. The first-order chi connectivity index (χ1) is 9.63. The molecule has 116 valence electrons. The lowest BCUT2D eigenvalue weighted by Gasteiger charge is -2.19. The number of hydrogen-bond donors (Lipinski definition) is 2. The van der Waals surface area contributed by atoms with E-state index in [2.05, 4.69) is 26.7 Å². The fraction of sp³-hybridized carbons (Fsp3) is 0.643. The first kappa shape index (κ1) is 18.2. The van der Waals surface area contributed by atoms with Crippen LogP contribution in [0.2, 0.25) is 0 Å². The molecule has 7 heteroatoms. The van der Waals surface area contributed by atoms with Crippen molar-refractivity contribution in [2.45, 2.75) is 45.7 Å². The Bertz CT molecular complexity index is 534. The Kier molecular flexibility index (Phi) is 7.39. The number of nitriles is 1. The average molecular weight is 419 g/mol. The molecule has 2 unspecified atom stereocenters. The van der Waals surface area contributed by atoms with Crippen LogP contribution in [0.4, 0.5) is 0 Å². The van der Waals surface area contributed by atoms with Crippen molar-refractivity contribution in [2.24, 2.45) is 10.9 Å². The van der Waals surface area contributed by atoms with E-state index in [1.807, 2.05) is 13.8 Å². The first-order valence-electron chi connectivity index (χ1n) is 6.93. The third kappa shape index (κ3) is 4.81. The fourth-order valence-electron chi connectivity index (χ4n) is 2.56. The summed E-state index contributed by atoms with van der Waals surface area (Å²) in [6, 6.07) is 2.59. The van der Waals surface area contributed by atoms with E-state index in [1.54, 1.807) is 18.4 Å². The molecule has 5 nitrogen and oxygen atoms in total. The monoisotopic (exact) mass is 419 g/mol. The number of aryl methyl sites for hydroxylation is 2. The number of halogens is 1. The second kappa shape index (κ2) is 8.54. The smallest absolute Gasteiger partial charge is 0.191 e. The molecule has 0 saturated heterocycles. The maximum Gasteiger partial charge on any atom is 0.191 e. The summed E-state index contributed by atoms with van der Waals surface area (Å²) in [6.45, 7) is 4.77. The standard InChI is InChI=1S/C14H21N5S.HI/c1-9-13(20-10(2)18-9)8-17-14(16-3)19-12-6-4-5-11(12)7-15;/h11-12H,4-6,8H2,1-3H3,(H2,16,17,19);1H. The van der Waals surface area contributed by atoms with Crippen molar-refractivity contribution in [3.05, 3.63) is 15.6 Å². The van der Waals surface area contributed by atoms with Crippen molar-refractivity contribution >= 4 is 41.3 Å². The topological polar surface area (TPSA) is 73.1 Å². The number of nitrogens with zero attached hydrogens (tertiary/aromatic N) is 3. The van der Waals surface area contributed by atoms with Crippen LogP contribution in [-0.4, -0.2) is 24.0 Å². The Morgan fingerprint density at radius 3 is 2.81 bits per heavy atom. The van der Waals surface area contributed by atoms with Crippen molar-refractivity contribution in [1.29, 1.82) is 5.26 Å². The minimum atomic E-state index is 0. The molecular formula is C14H22IN5S. The highest BCUT2D eigenvalue weighted by molar-refractivity contribution is 14.0. The number of aromatic nitrogens is 1. The van der Waals surface area contributed by atoms with Gasteiger partial charge in [-0.1, -0.05) is 0 Å². The molecule has 21 heavy (non-hydrogen) atoms. The largest absolute Gasteiger partial charge is 0.352 e. The Hall–Kier alpha value is -0.880. The predicted octanol–water partition coefficient (Wildman–Crippen LogP) is 2.74. The van der Waals surface area contributed by atoms with Crippen molar-refractivity contribution in [3.63, 3.8) is 0 Å². The summed E-state index contributed by atoms with van der Waals surface area (Å²) < 4.78 is 0. The van der Waals surface area contributed by atoms with Gasteiger partial charge in [-0.2, -0.15) is 5.26 Å². The van der Waals surface area contributed by atoms with E-state index in [0.717, 1.165) is 42.5 Å². The molecule has 1 aromatic heterocycles. The van der Waals surface area contributed by atoms with Crippen LogP contribution >= 0.6 is 35.3 Å². The highest BCUT2D eigenvalue weighted by Crippen LogP contribution is 2.24. The zero-order valence-electron chi connectivity index (χ0n) is 12.6. The Morgan fingerprint density at radius 2 is 2.24 bits per heavy atom. The van der Waals surface area contributed by atoms with Crippen LogP contribution < -0.4 is 10.6 Å². The van der Waals surface area contributed by atoms with Crippen LogP contribution in [0.1, 0.15) is 34.8 Å². The van der Waals surface area contributed by atoms with E-state index >= 15 is 0 Å². The number of guanidine groups is 1. The van der Waals surface area contributed by atoms with Crippen LogP contribution in [0.5, 0.6) is 0 Å². The van der Waals surface area contributed by atoms with Gasteiger partial charge in [-0.3, -0.25) is 4.99 Å². The second-order valence-corrected chi connectivity index (χ2v) is 6.37. The molecular weight excluding hydrogens is 397 g/mol. The van der Waals surface area contributed by atoms with Gasteiger partial charge < -0.3 is 10.6 Å². The zero-order valence-corrected chi connectivity index (χ0v) is 15.8. The molecule has 1 fully saturated rings. The molecule has 2 rings (SSSR count). The van der Waals surface area contributed by atoms with E-state index < -0.39 is 0 Å². The number of aliphatic imine (C=N–C) groups is 1. The molecule has 0 spiro atoms. The number of thiazole rings is 1. The van der Waals surface area contributed by atoms with Gasteiger partial charge in [0.15, 0.2) is 5.96 Å². The summed E-state index contributed by atoms with van der Waals surface area (Å²) in [6.07, 6.45) is 3.13. The van der Waals surface area contributed by atoms with Gasteiger partial charge in [-0.15, -0.1) is 35.3 Å². The fourth-order valence-corrected chi connectivity index (χ4v) is 3.44. The lowest BCUT2D eigenvalue weighted by Crippen LogP contribution is -2.44. The van der Waals surface area contributed by atoms with Gasteiger partial charge >= 0.3 is 0 Å². The van der Waals surface area contributed by atoms with Crippen LogP contribution in [0.3, 0.4) is 0 Å². The van der Waals surface area contributed by atoms with Crippen LogP contribution in [-0.2, 0) is 6.54 Å². The first-order valence-corrected chi connectivity index (χ1v) is 7.75. The Labute approximate surface area is 147 Å². The maximum atomic E-state index is 9.11. The van der Waals surface area contributed by atoms with Crippen LogP contribution in [0.15, 0.2) is 4.99 Å². The van der Waals surface area contributed by atoms with Gasteiger partial charge in [0.05, 0.1) is 29.2 Å². The number of nitrogens with one attached hydrogen (secondary N) is 2. The molecule has 0 bridgehead atoms.